The SMILES string of the molecule is CCCCCCCC(=O)NCCN1C(=O)C2C3C=C(C(O)(c4ccccc4)c4ccccn4)C(C3=C(c3ccccc3)c3ccccn3)C2C1=O. The van der Waals surface area contributed by atoms with Crippen molar-refractivity contribution in [3.05, 3.63) is 149 Å². The third-order valence-electron chi connectivity index (χ3n) is 10.7. The third kappa shape index (κ3) is 6.33. The van der Waals surface area contributed by atoms with Crippen LogP contribution in [0, 0.1) is 23.7 Å². The van der Waals surface area contributed by atoms with Gasteiger partial charge in [-0.3, -0.25) is 29.3 Å². The van der Waals surface area contributed by atoms with E-state index >= 15 is 0 Å². The highest BCUT2D eigenvalue weighted by molar-refractivity contribution is 6.08. The van der Waals surface area contributed by atoms with Crippen molar-refractivity contribution in [2.75, 3.05) is 13.1 Å². The van der Waals surface area contributed by atoms with E-state index in [1.54, 1.807) is 18.5 Å². The Morgan fingerprint density at radius 3 is 2.16 bits per heavy atom. The molecule has 3 heterocycles. The maximum atomic E-state index is 14.6. The molecule has 0 spiro atoms. The fraction of sp³-hybridized carbons (Fsp3) is 0.326. The van der Waals surface area contributed by atoms with Gasteiger partial charge in [-0.15, -0.1) is 0 Å². The third-order valence-corrected chi connectivity index (χ3v) is 10.7. The average Bonchev–Trinajstić information content (AvgIpc) is 3.79. The molecular formula is C43H44N4O4. The summed E-state index contributed by atoms with van der Waals surface area (Å²) in [6.45, 7) is 2.47. The van der Waals surface area contributed by atoms with Gasteiger partial charge in [-0.05, 0) is 53.0 Å². The lowest BCUT2D eigenvalue weighted by Crippen LogP contribution is -2.40. The van der Waals surface area contributed by atoms with Gasteiger partial charge in [-0.1, -0.05) is 111 Å². The minimum Gasteiger partial charge on any atom is -0.375 e. The van der Waals surface area contributed by atoms with Crippen molar-refractivity contribution in [2.24, 2.45) is 23.7 Å². The quantitative estimate of drug-likeness (QED) is 0.0897. The molecule has 2 aromatic heterocycles. The molecule has 8 nitrogen and oxygen atoms in total. The highest BCUT2D eigenvalue weighted by atomic mass is 16.3. The van der Waals surface area contributed by atoms with E-state index in [9.17, 15) is 19.5 Å². The first kappa shape index (κ1) is 34.2. The van der Waals surface area contributed by atoms with Gasteiger partial charge in [0.1, 0.15) is 0 Å². The van der Waals surface area contributed by atoms with Gasteiger partial charge < -0.3 is 10.4 Å². The summed E-state index contributed by atoms with van der Waals surface area (Å²) in [6.07, 6.45) is 11.1. The lowest BCUT2D eigenvalue weighted by molar-refractivity contribution is -0.140. The predicted octanol–water partition coefficient (Wildman–Crippen LogP) is 6.48. The standard InChI is InChI=1S/C43H44N4O4/c1-2-3-4-5-12-23-35(48)46-26-27-47-41(49)38-31-28-32(43(51,30-19-10-7-11-20-30)34-22-14-16-25-45-34)39(40(38)42(47)50)37(31)36(29-17-8-6-9-18-29)33-21-13-15-24-44-33/h6-11,13-22,24-25,28,31,38-40,51H,2-5,12,23,26-27H2,1H3,(H,46,48). The smallest absolute Gasteiger partial charge is 0.234 e. The molecule has 2 aromatic carbocycles. The van der Waals surface area contributed by atoms with Crippen LogP contribution in [-0.4, -0.2) is 50.8 Å². The lowest BCUT2D eigenvalue weighted by Gasteiger charge is -2.36. The number of pyridine rings is 2. The van der Waals surface area contributed by atoms with Crippen molar-refractivity contribution in [1.29, 1.82) is 0 Å². The molecule has 7 rings (SSSR count). The van der Waals surface area contributed by atoms with Crippen molar-refractivity contribution in [1.82, 2.24) is 20.2 Å². The van der Waals surface area contributed by atoms with Crippen molar-refractivity contribution in [3.8, 4) is 0 Å². The van der Waals surface area contributed by atoms with Gasteiger partial charge in [0.15, 0.2) is 5.60 Å². The molecule has 2 bridgehead atoms. The summed E-state index contributed by atoms with van der Waals surface area (Å²) in [5.74, 6) is -3.03. The normalized spacial score (nSPS) is 22.8. The molecule has 2 aliphatic carbocycles. The molecule has 4 aromatic rings. The minimum absolute atomic E-state index is 0.0637. The van der Waals surface area contributed by atoms with Crippen LogP contribution in [0.25, 0.3) is 5.57 Å². The molecule has 260 valence electrons. The second kappa shape index (κ2) is 15.0. The summed E-state index contributed by atoms with van der Waals surface area (Å²) < 4.78 is 0. The number of allylic oxidation sites excluding steroid dienone is 2. The molecule has 2 fully saturated rings. The van der Waals surface area contributed by atoms with Crippen LogP contribution >= 0.6 is 0 Å². The summed E-state index contributed by atoms with van der Waals surface area (Å²) in [5.41, 5.74) is 3.46. The number of fused-ring (bicyclic) bond motifs is 5. The molecule has 1 saturated carbocycles. The maximum Gasteiger partial charge on any atom is 0.234 e. The molecule has 3 aliphatic rings. The number of hydrogen-bond donors (Lipinski definition) is 2. The van der Waals surface area contributed by atoms with Gasteiger partial charge in [0, 0.05) is 49.3 Å². The number of carbonyl (C=O) groups is 3. The first-order valence-electron chi connectivity index (χ1n) is 18.2. The average molecular weight is 681 g/mol. The van der Waals surface area contributed by atoms with Crippen LogP contribution in [0.15, 0.2) is 127 Å². The molecular weight excluding hydrogens is 636 g/mol. The largest absolute Gasteiger partial charge is 0.375 e. The van der Waals surface area contributed by atoms with Crippen LogP contribution in [0.3, 0.4) is 0 Å². The summed E-state index contributed by atoms with van der Waals surface area (Å²) in [4.78, 5) is 52.2. The molecule has 5 unspecified atom stereocenters. The van der Waals surface area contributed by atoms with Crippen LogP contribution in [0.1, 0.15) is 68.0 Å². The number of imide groups is 1. The zero-order chi connectivity index (χ0) is 35.4. The molecule has 0 radical (unpaired) electrons. The number of rotatable bonds is 14. The number of carbonyl (C=O) groups excluding carboxylic acids is 3. The highest BCUT2D eigenvalue weighted by Gasteiger charge is 2.66. The van der Waals surface area contributed by atoms with E-state index in [0.29, 0.717) is 23.3 Å². The summed E-state index contributed by atoms with van der Waals surface area (Å²) >= 11 is 0. The summed E-state index contributed by atoms with van der Waals surface area (Å²) in [7, 11) is 0. The van der Waals surface area contributed by atoms with Crippen molar-refractivity contribution in [3.63, 3.8) is 0 Å². The summed E-state index contributed by atoms with van der Waals surface area (Å²) in [5, 5.41) is 16.0. The van der Waals surface area contributed by atoms with E-state index in [1.165, 1.54) is 4.90 Å². The second-order valence-electron chi connectivity index (χ2n) is 13.7. The van der Waals surface area contributed by atoms with E-state index in [-0.39, 0.29) is 30.8 Å². The Labute approximate surface area is 299 Å². The second-order valence-corrected chi connectivity index (χ2v) is 13.7. The van der Waals surface area contributed by atoms with Gasteiger partial charge in [-0.2, -0.15) is 0 Å². The predicted molar refractivity (Wildman–Crippen MR) is 196 cm³/mol. The van der Waals surface area contributed by atoms with Gasteiger partial charge in [0.25, 0.3) is 0 Å². The first-order chi connectivity index (χ1) is 24.9. The number of nitrogens with zero attached hydrogens (tertiary/aromatic N) is 3. The number of amides is 3. The van der Waals surface area contributed by atoms with Gasteiger partial charge in [-0.25, -0.2) is 0 Å². The highest BCUT2D eigenvalue weighted by Crippen LogP contribution is 2.64. The Morgan fingerprint density at radius 2 is 1.47 bits per heavy atom. The van der Waals surface area contributed by atoms with Crippen LogP contribution < -0.4 is 5.32 Å². The van der Waals surface area contributed by atoms with E-state index in [0.717, 1.165) is 54.5 Å². The maximum absolute atomic E-state index is 14.6. The molecule has 2 N–H and O–H groups in total. The first-order valence-corrected chi connectivity index (χ1v) is 18.2. The van der Waals surface area contributed by atoms with E-state index in [2.05, 4.69) is 17.2 Å². The molecule has 51 heavy (non-hydrogen) atoms. The van der Waals surface area contributed by atoms with Crippen molar-refractivity contribution in [2.45, 2.75) is 51.0 Å². The fourth-order valence-corrected chi connectivity index (χ4v) is 8.42. The zero-order valence-electron chi connectivity index (χ0n) is 28.9. The molecule has 1 saturated heterocycles. The number of likely N-dealkylation sites (tertiary alicyclic amines) is 1. The number of unbranched alkanes of at least 4 members (excludes halogenated alkanes) is 4. The Balaban J connectivity index is 1.29. The van der Waals surface area contributed by atoms with Crippen molar-refractivity contribution < 1.29 is 19.5 Å². The summed E-state index contributed by atoms with van der Waals surface area (Å²) in [6, 6.07) is 30.6. The van der Waals surface area contributed by atoms with Crippen molar-refractivity contribution >= 4 is 23.3 Å². The van der Waals surface area contributed by atoms with Gasteiger partial charge in [0.2, 0.25) is 17.7 Å². The topological polar surface area (TPSA) is 112 Å². The Bertz CT molecular complexity index is 1850. The van der Waals surface area contributed by atoms with E-state index in [4.69, 9.17) is 4.98 Å². The van der Waals surface area contributed by atoms with Gasteiger partial charge >= 0.3 is 0 Å². The number of nitrogens with one attached hydrogen (secondary N) is 1. The fourth-order valence-electron chi connectivity index (χ4n) is 8.42. The number of aromatic nitrogens is 2. The van der Waals surface area contributed by atoms with E-state index < -0.39 is 29.3 Å². The molecule has 1 aliphatic heterocycles. The number of hydrogen-bond acceptors (Lipinski definition) is 6. The van der Waals surface area contributed by atoms with Crippen LogP contribution in [0.2, 0.25) is 0 Å². The van der Waals surface area contributed by atoms with Crippen LogP contribution in [0.5, 0.6) is 0 Å². The monoisotopic (exact) mass is 680 g/mol. The lowest BCUT2D eigenvalue weighted by atomic mass is 9.71. The Hall–Kier alpha value is -5.21. The Kier molecular flexibility index (Phi) is 10.0. The van der Waals surface area contributed by atoms with Crippen LogP contribution in [0.4, 0.5) is 0 Å². The van der Waals surface area contributed by atoms with Gasteiger partial charge in [0.05, 0.1) is 23.2 Å². The number of aliphatic hydroxyl groups is 1. The molecule has 5 atom stereocenters. The zero-order valence-corrected chi connectivity index (χ0v) is 28.9. The molecule has 3 amide bonds. The number of benzene rings is 2. The minimum atomic E-state index is -1.67. The van der Waals surface area contributed by atoms with E-state index in [1.807, 2.05) is 97.1 Å². The molecule has 8 heteroatoms. The Morgan fingerprint density at radius 1 is 0.804 bits per heavy atom. The van der Waals surface area contributed by atoms with Crippen LogP contribution in [-0.2, 0) is 20.0 Å².